The lowest BCUT2D eigenvalue weighted by molar-refractivity contribution is -0.139. The monoisotopic (exact) mass is 514 g/mol. The van der Waals surface area contributed by atoms with Crippen LogP contribution < -0.4 is 26.5 Å². The van der Waals surface area contributed by atoms with Gasteiger partial charge in [-0.25, -0.2) is 0 Å². The van der Waals surface area contributed by atoms with Crippen molar-refractivity contribution in [3.8, 4) is 0 Å². The van der Waals surface area contributed by atoms with E-state index in [1.807, 2.05) is 13.8 Å². The molecule has 4 nitrogen and oxygen atoms in total. The Labute approximate surface area is 225 Å². The van der Waals surface area contributed by atoms with Crippen molar-refractivity contribution in [2.24, 2.45) is 0 Å². The third kappa shape index (κ3) is 6.13. The molecule has 3 aromatic rings. The highest BCUT2D eigenvalue weighted by Crippen LogP contribution is 2.37. The molecule has 194 valence electrons. The number of hydrogen-bond acceptors (Lipinski definition) is 4. The normalized spacial score (nSPS) is 25.2. The third-order valence-corrected chi connectivity index (χ3v) is 11.6. The zero-order chi connectivity index (χ0) is 26.9. The Morgan fingerprint density at radius 2 is 1.05 bits per heavy atom. The van der Waals surface area contributed by atoms with Gasteiger partial charge in [0.1, 0.15) is 8.80 Å². The van der Waals surface area contributed by atoms with Crippen LogP contribution in [0.15, 0.2) is 78.9 Å². The lowest BCUT2D eigenvalue weighted by Crippen LogP contribution is -2.56. The molecular formula is C30H40B2O4Si. The van der Waals surface area contributed by atoms with E-state index in [1.54, 1.807) is 27.7 Å². The molecule has 4 rings (SSSR count). The summed E-state index contributed by atoms with van der Waals surface area (Å²) in [4.78, 5) is 0. The standard InChI is InChI=1S/C30H40B2O4Si/c1-27(2,33)29(5)18-19-30(6,28(3,4)34)36-32-23-13-11-17-26(21-23)37(24-14-8-7-9-15-24)25-16-10-12-22(20-25)31-35-29/h7-17,20-21,31-34,37H,18-19H2,1-6H3. The van der Waals surface area contributed by atoms with Gasteiger partial charge < -0.3 is 19.5 Å². The Kier molecular flexibility index (Phi) is 7.94. The van der Waals surface area contributed by atoms with Gasteiger partial charge in [0.2, 0.25) is 0 Å². The zero-order valence-corrected chi connectivity index (χ0v) is 24.3. The van der Waals surface area contributed by atoms with E-state index in [-0.39, 0.29) is 0 Å². The van der Waals surface area contributed by atoms with Crippen LogP contribution in [0, 0.1) is 0 Å². The summed E-state index contributed by atoms with van der Waals surface area (Å²) in [5.41, 5.74) is -1.68. The van der Waals surface area contributed by atoms with Gasteiger partial charge in [0, 0.05) is 0 Å². The van der Waals surface area contributed by atoms with Crippen molar-refractivity contribution in [2.45, 2.75) is 76.8 Å². The van der Waals surface area contributed by atoms with Crippen molar-refractivity contribution in [3.63, 3.8) is 0 Å². The summed E-state index contributed by atoms with van der Waals surface area (Å²) in [7, 11) is -0.974. The molecule has 37 heavy (non-hydrogen) atoms. The number of benzene rings is 3. The quantitative estimate of drug-likeness (QED) is 0.508. The smallest absolute Gasteiger partial charge is 0.309 e. The van der Waals surface area contributed by atoms with Gasteiger partial charge in [-0.2, -0.15) is 0 Å². The highest BCUT2D eigenvalue weighted by atomic mass is 28.3. The van der Waals surface area contributed by atoms with E-state index in [0.717, 1.165) is 10.9 Å². The molecule has 4 bridgehead atoms. The van der Waals surface area contributed by atoms with Crippen LogP contribution in [0.5, 0.6) is 0 Å². The maximum Gasteiger partial charge on any atom is 0.309 e. The fraction of sp³-hybridized carbons (Fsp3) is 0.400. The maximum atomic E-state index is 11.2. The summed E-state index contributed by atoms with van der Waals surface area (Å²) in [5.74, 6) is 0. The molecule has 1 heterocycles. The summed E-state index contributed by atoms with van der Waals surface area (Å²) in [6, 6.07) is 28.2. The van der Waals surface area contributed by atoms with Crippen molar-refractivity contribution < 1.29 is 19.5 Å². The average Bonchev–Trinajstić information content (AvgIpc) is 2.85. The minimum Gasteiger partial charge on any atom is -0.426 e. The molecule has 0 saturated carbocycles. The van der Waals surface area contributed by atoms with E-state index in [1.165, 1.54) is 15.6 Å². The SMILES string of the molecule is CC(C)(O)C1(C)CCC(C)(C(C)(C)O)OBc2cccc(c2)[SiH](c2ccccc2)c2cccc(c2)BO1. The summed E-state index contributed by atoms with van der Waals surface area (Å²) in [6.45, 7) is 11.1. The minimum absolute atomic E-state index is 0.393. The molecule has 1 aliphatic heterocycles. The Morgan fingerprint density at radius 3 is 1.46 bits per heavy atom. The Hall–Kier alpha value is -2.15. The molecule has 0 radical (unpaired) electrons. The number of fused-ring (bicyclic) bond motifs is 4. The first-order valence-corrected chi connectivity index (χ1v) is 15.0. The summed E-state index contributed by atoms with van der Waals surface area (Å²) in [5, 5.41) is 26.3. The number of aliphatic hydroxyl groups is 2. The molecule has 0 amide bonds. The molecule has 2 atom stereocenters. The van der Waals surface area contributed by atoms with Crippen molar-refractivity contribution in [3.05, 3.63) is 78.9 Å². The van der Waals surface area contributed by atoms with Gasteiger partial charge in [-0.15, -0.1) is 0 Å². The van der Waals surface area contributed by atoms with Crippen molar-refractivity contribution in [1.82, 2.24) is 0 Å². The van der Waals surface area contributed by atoms with E-state index in [2.05, 4.69) is 78.9 Å². The van der Waals surface area contributed by atoms with Crippen LogP contribution in [0.2, 0.25) is 0 Å². The van der Waals surface area contributed by atoms with Gasteiger partial charge >= 0.3 is 15.0 Å². The van der Waals surface area contributed by atoms with E-state index in [0.29, 0.717) is 27.8 Å². The second-order valence-electron chi connectivity index (χ2n) is 12.0. The van der Waals surface area contributed by atoms with Crippen molar-refractivity contribution >= 4 is 50.2 Å². The van der Waals surface area contributed by atoms with Crippen molar-refractivity contribution in [1.29, 1.82) is 0 Å². The highest BCUT2D eigenvalue weighted by Gasteiger charge is 2.46. The van der Waals surface area contributed by atoms with Crippen LogP contribution in [0.25, 0.3) is 0 Å². The van der Waals surface area contributed by atoms with Crippen LogP contribution in [0.3, 0.4) is 0 Å². The second-order valence-corrected chi connectivity index (χ2v) is 14.9. The first kappa shape index (κ1) is 27.9. The van der Waals surface area contributed by atoms with E-state index in [4.69, 9.17) is 9.31 Å². The van der Waals surface area contributed by atoms with Crippen molar-refractivity contribution in [2.75, 3.05) is 0 Å². The fourth-order valence-corrected chi connectivity index (χ4v) is 8.15. The molecule has 2 N–H and O–H groups in total. The predicted octanol–water partition coefficient (Wildman–Crippen LogP) is 0.775. The second kappa shape index (κ2) is 10.5. The van der Waals surface area contributed by atoms with E-state index < -0.39 is 31.2 Å². The topological polar surface area (TPSA) is 58.9 Å². The van der Waals surface area contributed by atoms with Crippen LogP contribution >= 0.6 is 0 Å². The first-order chi connectivity index (χ1) is 17.3. The molecule has 1 aliphatic rings. The van der Waals surface area contributed by atoms with E-state index >= 15 is 0 Å². The van der Waals surface area contributed by atoms with Crippen LogP contribution in [-0.4, -0.2) is 56.4 Å². The predicted molar refractivity (Wildman–Crippen MR) is 160 cm³/mol. The first-order valence-electron chi connectivity index (χ1n) is 13.3. The van der Waals surface area contributed by atoms with Gasteiger partial charge in [0.05, 0.1) is 22.4 Å². The zero-order valence-electron chi connectivity index (χ0n) is 23.1. The average molecular weight is 514 g/mol. The molecular weight excluding hydrogens is 474 g/mol. The highest BCUT2D eigenvalue weighted by molar-refractivity contribution is 6.95. The van der Waals surface area contributed by atoms with Gasteiger partial charge in [-0.1, -0.05) is 105 Å². The van der Waals surface area contributed by atoms with Gasteiger partial charge in [-0.05, 0) is 54.4 Å². The Morgan fingerprint density at radius 1 is 0.649 bits per heavy atom. The summed E-state index contributed by atoms with van der Waals surface area (Å²) in [6.07, 6.45) is 1.05. The van der Waals surface area contributed by atoms with Gasteiger partial charge in [0.15, 0.2) is 0 Å². The minimum atomic E-state index is -1.76. The van der Waals surface area contributed by atoms with Crippen LogP contribution in [-0.2, 0) is 9.31 Å². The lowest BCUT2D eigenvalue weighted by Gasteiger charge is -2.46. The molecule has 0 saturated heterocycles. The number of rotatable bonds is 3. The van der Waals surface area contributed by atoms with Gasteiger partial charge in [0.25, 0.3) is 0 Å². The molecule has 7 heteroatoms. The Balaban J connectivity index is 1.85. The Bertz CT molecular complexity index is 1130. The summed E-state index contributed by atoms with van der Waals surface area (Å²) >= 11 is 0. The molecule has 2 unspecified atom stereocenters. The molecule has 0 aromatic heterocycles. The maximum absolute atomic E-state index is 11.2. The molecule has 3 aromatic carbocycles. The van der Waals surface area contributed by atoms with Gasteiger partial charge in [-0.3, -0.25) is 0 Å². The molecule has 0 fully saturated rings. The molecule has 0 spiro atoms. The fourth-order valence-electron chi connectivity index (χ4n) is 5.02. The lowest BCUT2D eigenvalue weighted by atomic mass is 9.73. The molecule has 0 aliphatic carbocycles. The number of hydrogen-bond donors (Lipinski definition) is 2. The van der Waals surface area contributed by atoms with Crippen LogP contribution in [0.1, 0.15) is 54.4 Å². The summed E-state index contributed by atoms with van der Waals surface area (Å²) < 4.78 is 13.1. The van der Waals surface area contributed by atoms with Crippen LogP contribution in [0.4, 0.5) is 0 Å². The van der Waals surface area contributed by atoms with E-state index in [9.17, 15) is 10.2 Å². The largest absolute Gasteiger partial charge is 0.426 e. The third-order valence-electron chi connectivity index (χ3n) is 8.48.